The number of hydrogen-bond acceptors (Lipinski definition) is 4. The van der Waals surface area contributed by atoms with Gasteiger partial charge in [0, 0.05) is 34.9 Å². The molecule has 2 aromatic heterocycles. The number of nitrogens with zero attached hydrogens (tertiary/aromatic N) is 3. The molecule has 0 fully saturated rings. The van der Waals surface area contributed by atoms with Gasteiger partial charge in [-0.05, 0) is 84.7 Å². The number of hydrogen-bond donors (Lipinski definition) is 0. The van der Waals surface area contributed by atoms with Crippen molar-refractivity contribution in [3.8, 4) is 28.3 Å². The molecule has 5 nitrogen and oxygen atoms in total. The SMILES string of the molecule is Cc1ccc2c(c1)c1cccnc1n2-c1[c-]c(Oc2[c-]c(C3=N[C@H]4Cc5cc(C)c(C)cc5C[C@@H]4O3)cc(-c3ccccc3)c2)cc(C(C)(C)C)c1.[Pt+2]. The van der Waals surface area contributed by atoms with E-state index in [1.54, 1.807) is 0 Å². The van der Waals surface area contributed by atoms with Crippen molar-refractivity contribution in [2.75, 3.05) is 0 Å². The summed E-state index contributed by atoms with van der Waals surface area (Å²) >= 11 is 0. The molecule has 2 aliphatic rings. The summed E-state index contributed by atoms with van der Waals surface area (Å²) in [6.07, 6.45) is 3.59. The van der Waals surface area contributed by atoms with Crippen molar-refractivity contribution in [3.63, 3.8) is 0 Å². The zero-order valence-electron chi connectivity index (χ0n) is 30.9. The van der Waals surface area contributed by atoms with Crippen LogP contribution in [0.4, 0.5) is 0 Å². The Balaban J connectivity index is 0.00000400. The smallest absolute Gasteiger partial charge is 0.514 e. The molecule has 5 aromatic carbocycles. The van der Waals surface area contributed by atoms with E-state index in [2.05, 4.69) is 137 Å². The monoisotopic (exact) mass is 874 g/mol. The number of aryl methyl sites for hydroxylation is 3. The Morgan fingerprint density at radius 2 is 1.51 bits per heavy atom. The maximum Gasteiger partial charge on any atom is 2.00 e. The number of aliphatic imine (C=N–C) groups is 1. The van der Waals surface area contributed by atoms with Gasteiger partial charge in [-0.25, -0.2) is 4.98 Å². The molecule has 0 saturated heterocycles. The number of rotatable bonds is 5. The molecule has 0 radical (unpaired) electrons. The van der Waals surface area contributed by atoms with Crippen LogP contribution in [-0.4, -0.2) is 27.6 Å². The second-order valence-corrected chi connectivity index (χ2v) is 15.5. The molecule has 266 valence electrons. The Morgan fingerprint density at radius 3 is 2.28 bits per heavy atom. The number of benzene rings is 5. The third-order valence-electron chi connectivity index (χ3n) is 10.7. The van der Waals surface area contributed by atoms with Gasteiger partial charge >= 0.3 is 21.1 Å². The van der Waals surface area contributed by atoms with E-state index < -0.39 is 0 Å². The van der Waals surface area contributed by atoms with E-state index in [1.165, 1.54) is 33.2 Å². The van der Waals surface area contributed by atoms with Crippen molar-refractivity contribution in [3.05, 3.63) is 154 Å². The van der Waals surface area contributed by atoms with Gasteiger partial charge in [-0.2, -0.15) is 0 Å². The van der Waals surface area contributed by atoms with Crippen molar-refractivity contribution in [2.45, 2.75) is 71.9 Å². The zero-order chi connectivity index (χ0) is 35.7. The van der Waals surface area contributed by atoms with Gasteiger partial charge in [0.05, 0.1) is 11.6 Å². The third kappa shape index (κ3) is 6.50. The summed E-state index contributed by atoms with van der Waals surface area (Å²) in [6.45, 7) is 13.2. The van der Waals surface area contributed by atoms with Crippen molar-refractivity contribution < 1.29 is 30.5 Å². The predicted octanol–water partition coefficient (Wildman–Crippen LogP) is 10.8. The fraction of sp³-hybridized carbons (Fsp3) is 0.234. The molecule has 1 aliphatic heterocycles. The molecule has 2 atom stereocenters. The van der Waals surface area contributed by atoms with E-state index in [4.69, 9.17) is 19.5 Å². The van der Waals surface area contributed by atoms with E-state index in [-0.39, 0.29) is 38.6 Å². The molecule has 0 unspecified atom stereocenters. The van der Waals surface area contributed by atoms with Crippen LogP contribution in [0.2, 0.25) is 0 Å². The minimum Gasteiger partial charge on any atom is -0.514 e. The van der Waals surface area contributed by atoms with E-state index >= 15 is 0 Å². The van der Waals surface area contributed by atoms with Crippen molar-refractivity contribution in [1.29, 1.82) is 0 Å². The second-order valence-electron chi connectivity index (χ2n) is 15.5. The first-order valence-corrected chi connectivity index (χ1v) is 18.2. The van der Waals surface area contributed by atoms with Crippen LogP contribution >= 0.6 is 0 Å². The predicted molar refractivity (Wildman–Crippen MR) is 210 cm³/mol. The van der Waals surface area contributed by atoms with Gasteiger partial charge in [-0.1, -0.05) is 104 Å². The molecule has 0 spiro atoms. The van der Waals surface area contributed by atoms with Gasteiger partial charge in [-0.3, -0.25) is 4.99 Å². The van der Waals surface area contributed by atoms with Crippen LogP contribution in [0.1, 0.15) is 59.7 Å². The summed E-state index contributed by atoms with van der Waals surface area (Å²) in [5.41, 5.74) is 13.3. The summed E-state index contributed by atoms with van der Waals surface area (Å²) < 4.78 is 15.6. The van der Waals surface area contributed by atoms with Gasteiger partial charge in [-0.15, -0.1) is 29.8 Å². The first-order chi connectivity index (χ1) is 25.1. The first kappa shape index (κ1) is 35.1. The van der Waals surface area contributed by atoms with Gasteiger partial charge < -0.3 is 14.0 Å². The molecule has 6 heteroatoms. The largest absolute Gasteiger partial charge is 2.00 e. The number of fused-ring (bicyclic) bond motifs is 5. The Hall–Kier alpha value is -4.99. The Labute approximate surface area is 326 Å². The molecule has 0 saturated carbocycles. The van der Waals surface area contributed by atoms with E-state index in [0.717, 1.165) is 57.3 Å². The molecule has 1 aliphatic carbocycles. The Bertz CT molecular complexity index is 2560. The number of pyridine rings is 1. The minimum atomic E-state index is -0.150. The minimum absolute atomic E-state index is 0. The maximum absolute atomic E-state index is 6.80. The maximum atomic E-state index is 6.80. The molecule has 9 rings (SSSR count). The van der Waals surface area contributed by atoms with Gasteiger partial charge in [0.1, 0.15) is 17.6 Å². The van der Waals surface area contributed by atoms with Gasteiger partial charge in [0.25, 0.3) is 0 Å². The van der Waals surface area contributed by atoms with E-state index in [0.29, 0.717) is 17.4 Å². The molecule has 0 N–H and O–H groups in total. The zero-order valence-corrected chi connectivity index (χ0v) is 33.1. The van der Waals surface area contributed by atoms with Crippen LogP contribution in [0.15, 0.2) is 108 Å². The van der Waals surface area contributed by atoms with Crippen molar-refractivity contribution in [1.82, 2.24) is 9.55 Å². The van der Waals surface area contributed by atoms with Crippen LogP contribution < -0.4 is 4.74 Å². The molecule has 0 amide bonds. The molecule has 0 bridgehead atoms. The average Bonchev–Trinajstić information content (AvgIpc) is 3.69. The fourth-order valence-electron chi connectivity index (χ4n) is 7.70. The fourth-order valence-corrected chi connectivity index (χ4v) is 7.70. The van der Waals surface area contributed by atoms with Crippen LogP contribution in [0.5, 0.6) is 11.5 Å². The third-order valence-corrected chi connectivity index (χ3v) is 10.7. The van der Waals surface area contributed by atoms with E-state index in [1.807, 2.05) is 24.4 Å². The number of ether oxygens (including phenoxy) is 2. The summed E-state index contributed by atoms with van der Waals surface area (Å²) in [6, 6.07) is 41.5. The van der Waals surface area contributed by atoms with Gasteiger partial charge in [0.2, 0.25) is 0 Å². The second kappa shape index (κ2) is 13.5. The quantitative estimate of drug-likeness (QED) is 0.162. The summed E-state index contributed by atoms with van der Waals surface area (Å²) in [5.74, 6) is 1.81. The van der Waals surface area contributed by atoms with Crippen molar-refractivity contribution in [2.24, 2.45) is 4.99 Å². The van der Waals surface area contributed by atoms with E-state index in [9.17, 15) is 0 Å². The normalized spacial score (nSPS) is 16.5. The first-order valence-electron chi connectivity index (χ1n) is 18.2. The van der Waals surface area contributed by atoms with Crippen LogP contribution in [0, 0.1) is 32.9 Å². The van der Waals surface area contributed by atoms with Gasteiger partial charge in [0.15, 0.2) is 0 Å². The Kier molecular flexibility index (Phi) is 8.90. The molecule has 53 heavy (non-hydrogen) atoms. The van der Waals surface area contributed by atoms with Crippen LogP contribution in [-0.2, 0) is 44.1 Å². The average molecular weight is 875 g/mol. The molecular formula is C47H41N3O2Pt. The molecule has 7 aromatic rings. The molecule has 3 heterocycles. The van der Waals surface area contributed by atoms with Crippen LogP contribution in [0.3, 0.4) is 0 Å². The summed E-state index contributed by atoms with van der Waals surface area (Å²) in [7, 11) is 0. The molecular weight excluding hydrogens is 834 g/mol. The summed E-state index contributed by atoms with van der Waals surface area (Å²) in [4.78, 5) is 10.0. The standard InChI is InChI=1S/C47H41N3O2.Pt/c1-28-14-15-43-41(17-28)40-13-10-16-48-45(40)50(43)37-25-36(47(4,5)6)26-39(27-37)51-38-21-34(31-11-8-7-9-12-31)20-35(22-38)46-49-42-23-32-18-29(2)30(3)19-33(32)24-44(42)52-46;/h7-21,25-26,42,44H,23-24H2,1-6H3;/q-2;+2/t42-,44-;/m0./s1. The van der Waals surface area contributed by atoms with Crippen LogP contribution in [0.25, 0.3) is 38.8 Å². The topological polar surface area (TPSA) is 48.6 Å². The summed E-state index contributed by atoms with van der Waals surface area (Å²) in [5, 5.41) is 2.28. The number of aromatic nitrogens is 2. The Morgan fingerprint density at radius 1 is 0.755 bits per heavy atom. The van der Waals surface area contributed by atoms with Crippen molar-refractivity contribution >= 4 is 27.8 Å².